The Morgan fingerprint density at radius 1 is 1.31 bits per heavy atom. The van der Waals surface area contributed by atoms with Crippen LogP contribution in [-0.4, -0.2) is 27.0 Å². The summed E-state index contributed by atoms with van der Waals surface area (Å²) in [5.74, 6) is 0. The van der Waals surface area contributed by atoms with E-state index in [2.05, 4.69) is 9.89 Å². The summed E-state index contributed by atoms with van der Waals surface area (Å²) < 4.78 is 26.7. The van der Waals surface area contributed by atoms with Crippen LogP contribution < -0.4 is 0 Å². The minimum absolute atomic E-state index is 0.198. The molecule has 1 aromatic rings. The Kier molecular flexibility index (Phi) is 4.30. The standard InChI is InChI=1S/C10H13NO4S/c1-14-10(16(2,12)13)11-15-8-9-6-4-3-5-7-9/h3-7H,8H2,1-2H3/b11-10-. The van der Waals surface area contributed by atoms with E-state index in [1.54, 1.807) is 0 Å². The summed E-state index contributed by atoms with van der Waals surface area (Å²) in [4.78, 5) is 4.88. The second-order valence-corrected chi connectivity index (χ2v) is 4.99. The molecule has 0 spiro atoms. The van der Waals surface area contributed by atoms with Gasteiger partial charge in [0.25, 0.3) is 0 Å². The fourth-order valence-electron chi connectivity index (χ4n) is 0.990. The first-order valence-corrected chi connectivity index (χ1v) is 6.41. The Labute approximate surface area is 94.6 Å². The number of benzene rings is 1. The van der Waals surface area contributed by atoms with Gasteiger partial charge >= 0.3 is 5.23 Å². The molecule has 0 unspecified atom stereocenters. The quantitative estimate of drug-likeness (QED) is 0.454. The molecule has 0 radical (unpaired) electrons. The third kappa shape index (κ3) is 3.90. The molecule has 6 heteroatoms. The van der Waals surface area contributed by atoms with Gasteiger partial charge in [-0.15, -0.1) is 0 Å². The van der Waals surface area contributed by atoms with E-state index in [4.69, 9.17) is 4.84 Å². The van der Waals surface area contributed by atoms with E-state index in [0.717, 1.165) is 11.8 Å². The molecule has 0 saturated carbocycles. The molecule has 0 aliphatic carbocycles. The third-order valence-corrected chi connectivity index (χ3v) is 2.58. The zero-order chi connectivity index (χ0) is 12.0. The first-order chi connectivity index (χ1) is 7.54. The maximum absolute atomic E-state index is 11.1. The van der Waals surface area contributed by atoms with Gasteiger partial charge in [-0.3, -0.25) is 0 Å². The van der Waals surface area contributed by atoms with Crippen molar-refractivity contribution in [3.8, 4) is 0 Å². The topological polar surface area (TPSA) is 65.0 Å². The summed E-state index contributed by atoms with van der Waals surface area (Å²) in [6.45, 7) is 0.198. The van der Waals surface area contributed by atoms with Crippen LogP contribution in [0.5, 0.6) is 0 Å². The number of oxime groups is 1. The molecule has 0 fully saturated rings. The lowest BCUT2D eigenvalue weighted by Gasteiger charge is -2.02. The van der Waals surface area contributed by atoms with Gasteiger partial charge in [0.05, 0.1) is 7.11 Å². The maximum atomic E-state index is 11.1. The molecule has 0 bridgehead atoms. The van der Waals surface area contributed by atoms with Crippen molar-refractivity contribution in [2.75, 3.05) is 13.4 Å². The van der Waals surface area contributed by atoms with Crippen LogP contribution in [0.15, 0.2) is 35.5 Å². The number of methoxy groups -OCH3 is 1. The molecule has 0 atom stereocenters. The number of ether oxygens (including phenoxy) is 1. The average molecular weight is 243 g/mol. The van der Waals surface area contributed by atoms with E-state index >= 15 is 0 Å². The number of sulfone groups is 1. The Morgan fingerprint density at radius 2 is 1.94 bits per heavy atom. The summed E-state index contributed by atoms with van der Waals surface area (Å²) in [7, 11) is -2.24. The molecular formula is C10H13NO4S. The zero-order valence-corrected chi connectivity index (χ0v) is 9.90. The lowest BCUT2D eigenvalue weighted by molar-refractivity contribution is 0.124. The third-order valence-electron chi connectivity index (χ3n) is 1.70. The molecule has 0 amide bonds. The normalized spacial score (nSPS) is 12.2. The lowest BCUT2D eigenvalue weighted by atomic mass is 10.2. The number of rotatable bonds is 3. The average Bonchev–Trinajstić information content (AvgIpc) is 2.24. The van der Waals surface area contributed by atoms with Gasteiger partial charge in [-0.1, -0.05) is 30.3 Å². The minimum Gasteiger partial charge on any atom is -0.471 e. The minimum atomic E-state index is -3.47. The van der Waals surface area contributed by atoms with Gasteiger partial charge in [-0.2, -0.15) is 0 Å². The SMILES string of the molecule is CO/C(=N/OCc1ccccc1)S(C)(=O)=O. The first-order valence-electron chi connectivity index (χ1n) is 4.52. The van der Waals surface area contributed by atoms with Crippen LogP contribution in [0.4, 0.5) is 0 Å². The fourth-order valence-corrected chi connectivity index (χ4v) is 1.48. The Balaban J connectivity index is 2.60. The van der Waals surface area contributed by atoms with Crippen LogP contribution in [-0.2, 0) is 26.0 Å². The van der Waals surface area contributed by atoms with E-state index in [-0.39, 0.29) is 6.61 Å². The van der Waals surface area contributed by atoms with E-state index in [1.165, 1.54) is 7.11 Å². The number of nitrogens with zero attached hydrogens (tertiary/aromatic N) is 1. The lowest BCUT2D eigenvalue weighted by Crippen LogP contribution is -2.15. The predicted octanol–water partition coefficient (Wildman–Crippen LogP) is 1.17. The molecule has 1 rings (SSSR count). The van der Waals surface area contributed by atoms with Crippen LogP contribution >= 0.6 is 0 Å². The second kappa shape index (κ2) is 5.50. The molecule has 0 aliphatic rings. The van der Waals surface area contributed by atoms with Crippen molar-refractivity contribution in [3.63, 3.8) is 0 Å². The molecule has 16 heavy (non-hydrogen) atoms. The summed E-state index contributed by atoms with van der Waals surface area (Å²) in [6.07, 6.45) is 1.00. The Bertz CT molecular complexity index is 453. The van der Waals surface area contributed by atoms with E-state index < -0.39 is 15.1 Å². The van der Waals surface area contributed by atoms with Gasteiger partial charge < -0.3 is 9.57 Å². The molecule has 0 aliphatic heterocycles. The van der Waals surface area contributed by atoms with Crippen LogP contribution in [0.3, 0.4) is 0 Å². The molecule has 1 aromatic carbocycles. The van der Waals surface area contributed by atoms with Gasteiger partial charge in [0.15, 0.2) is 0 Å². The van der Waals surface area contributed by atoms with Gasteiger partial charge in [0.2, 0.25) is 9.84 Å². The van der Waals surface area contributed by atoms with Gasteiger partial charge in [0.1, 0.15) is 6.61 Å². The number of hydrogen-bond donors (Lipinski definition) is 0. The molecular weight excluding hydrogens is 230 g/mol. The Hall–Kier alpha value is -1.56. The first kappa shape index (κ1) is 12.5. The van der Waals surface area contributed by atoms with E-state index in [9.17, 15) is 8.42 Å². The van der Waals surface area contributed by atoms with Crippen LogP contribution in [0.1, 0.15) is 5.56 Å². The van der Waals surface area contributed by atoms with Crippen molar-refractivity contribution in [2.24, 2.45) is 5.16 Å². The van der Waals surface area contributed by atoms with Gasteiger partial charge in [-0.25, -0.2) is 8.42 Å². The smallest absolute Gasteiger partial charge is 0.343 e. The predicted molar refractivity (Wildman–Crippen MR) is 60.5 cm³/mol. The highest BCUT2D eigenvalue weighted by Crippen LogP contribution is 2.01. The van der Waals surface area contributed by atoms with Gasteiger partial charge in [0, 0.05) is 6.26 Å². The van der Waals surface area contributed by atoms with Crippen LogP contribution in [0.2, 0.25) is 0 Å². The summed E-state index contributed by atoms with van der Waals surface area (Å²) >= 11 is 0. The molecule has 5 nitrogen and oxygen atoms in total. The van der Waals surface area contributed by atoms with Crippen molar-refractivity contribution in [1.29, 1.82) is 0 Å². The molecule has 0 aromatic heterocycles. The number of hydrogen-bond acceptors (Lipinski definition) is 5. The summed E-state index contributed by atoms with van der Waals surface area (Å²) in [5.41, 5.74) is 0.898. The maximum Gasteiger partial charge on any atom is 0.343 e. The Morgan fingerprint density at radius 3 is 2.44 bits per heavy atom. The van der Waals surface area contributed by atoms with E-state index in [0.29, 0.717) is 0 Å². The highest BCUT2D eigenvalue weighted by Gasteiger charge is 2.14. The monoisotopic (exact) mass is 243 g/mol. The van der Waals surface area contributed by atoms with Crippen molar-refractivity contribution in [3.05, 3.63) is 35.9 Å². The van der Waals surface area contributed by atoms with Crippen LogP contribution in [0.25, 0.3) is 0 Å². The summed E-state index contributed by atoms with van der Waals surface area (Å²) in [6, 6.07) is 9.29. The van der Waals surface area contributed by atoms with Crippen molar-refractivity contribution >= 4 is 15.1 Å². The largest absolute Gasteiger partial charge is 0.471 e. The summed E-state index contributed by atoms with van der Waals surface area (Å²) in [5, 5.41) is 2.99. The van der Waals surface area contributed by atoms with Crippen molar-refractivity contribution in [2.45, 2.75) is 6.61 Å². The molecule has 88 valence electrons. The van der Waals surface area contributed by atoms with Crippen LogP contribution in [0, 0.1) is 0 Å². The second-order valence-electron chi connectivity index (χ2n) is 3.09. The van der Waals surface area contributed by atoms with E-state index in [1.807, 2.05) is 30.3 Å². The zero-order valence-electron chi connectivity index (χ0n) is 9.08. The van der Waals surface area contributed by atoms with Gasteiger partial charge in [-0.05, 0) is 10.7 Å². The molecule has 0 heterocycles. The van der Waals surface area contributed by atoms with Crippen molar-refractivity contribution < 1.29 is 18.0 Å². The highest BCUT2D eigenvalue weighted by atomic mass is 32.2. The molecule has 0 N–H and O–H groups in total. The van der Waals surface area contributed by atoms with Crippen molar-refractivity contribution in [1.82, 2.24) is 0 Å². The molecule has 0 saturated heterocycles. The highest BCUT2D eigenvalue weighted by molar-refractivity contribution is 8.05. The fraction of sp³-hybridized carbons (Fsp3) is 0.300.